The molecule has 0 amide bonds. The first kappa shape index (κ1) is 105. The fourth-order valence-electron chi connectivity index (χ4n) is 35.0. The zero-order chi connectivity index (χ0) is 95.3. The molecule has 3 N–H and O–H groups in total. The Kier molecular flexibility index (Phi) is 32.1. The summed E-state index contributed by atoms with van der Waals surface area (Å²) in [5, 5.41) is 29.6. The van der Waals surface area contributed by atoms with Gasteiger partial charge >= 0.3 is 17.9 Å². The van der Waals surface area contributed by atoms with E-state index in [1.54, 1.807) is 22.3 Å². The molecule has 0 spiro atoms. The predicted octanol–water partition coefficient (Wildman–Crippen LogP) is 30.9. The normalized spacial score (nSPS) is 42.2. The summed E-state index contributed by atoms with van der Waals surface area (Å²) in [6.45, 7) is 66.5. The number of hydrogen-bond acceptors (Lipinski definition) is 10. The van der Waals surface area contributed by atoms with Crippen molar-refractivity contribution in [3.63, 3.8) is 0 Å². The Balaban J connectivity index is 0.000000148. The van der Waals surface area contributed by atoms with Crippen molar-refractivity contribution < 1.29 is 52.5 Å². The highest BCUT2D eigenvalue weighted by atomic mass is 28.4. The van der Waals surface area contributed by atoms with Crippen LogP contribution in [0.25, 0.3) is 0 Å². The van der Waals surface area contributed by atoms with Crippen molar-refractivity contribution in [2.24, 2.45) is 162 Å². The molecule has 0 aromatic heterocycles. The maximum absolute atomic E-state index is 11.8. The molecule has 0 bridgehead atoms. The van der Waals surface area contributed by atoms with Crippen molar-refractivity contribution >= 4 is 42.9 Å². The molecule has 0 radical (unpaired) electrons. The molecule has 32 atom stereocenters. The Labute approximate surface area is 800 Å². The van der Waals surface area contributed by atoms with Crippen molar-refractivity contribution in [3.8, 4) is 0 Å². The summed E-state index contributed by atoms with van der Waals surface area (Å²) in [6.07, 6.45) is 59.5. The van der Waals surface area contributed by atoms with Crippen LogP contribution in [0.4, 0.5) is 0 Å². The Bertz CT molecular complexity index is 4020. The Morgan fingerprint density at radius 3 is 0.869 bits per heavy atom. The zero-order valence-corrected chi connectivity index (χ0v) is 92.3. The van der Waals surface area contributed by atoms with Gasteiger partial charge in [0.05, 0.1) is 20.3 Å². The molecule has 0 saturated heterocycles. The van der Waals surface area contributed by atoms with Crippen LogP contribution in [0.15, 0.2) is 46.6 Å². The van der Waals surface area contributed by atoms with Gasteiger partial charge in [-0.1, -0.05) is 192 Å². The molecule has 12 fully saturated rings. The summed E-state index contributed by atoms with van der Waals surface area (Å²) in [5.74, 6) is 15.0. The van der Waals surface area contributed by atoms with E-state index in [1.165, 1.54) is 207 Å². The molecule has 0 aromatic carbocycles. The molecule has 130 heavy (non-hydrogen) atoms. The molecule has 742 valence electrons. The van der Waals surface area contributed by atoms with E-state index in [9.17, 15) is 29.7 Å². The van der Waals surface area contributed by atoms with Gasteiger partial charge in [0.1, 0.15) is 0 Å². The minimum absolute atomic E-state index is 0.0498. The fraction of sp³-hybridized carbons (Fsp3) is 0.905. The number of hydrogen-bond donors (Lipinski definition) is 3. The average molecular weight is 1860 g/mol. The summed E-state index contributed by atoms with van der Waals surface area (Å²) < 4.78 is 30.5. The Hall–Kier alpha value is -2.18. The van der Waals surface area contributed by atoms with E-state index < -0.39 is 30.9 Å². The van der Waals surface area contributed by atoms with Crippen LogP contribution < -0.4 is 0 Å². The van der Waals surface area contributed by atoms with Gasteiger partial charge in [-0.3, -0.25) is 14.4 Å². The molecule has 32 unspecified atom stereocenters. The van der Waals surface area contributed by atoms with Gasteiger partial charge in [0.2, 0.25) is 0 Å². The second-order valence-corrected chi connectivity index (χ2v) is 69.3. The van der Waals surface area contributed by atoms with E-state index in [0.29, 0.717) is 116 Å². The third-order valence-electron chi connectivity index (χ3n) is 45.8. The highest BCUT2D eigenvalue weighted by molar-refractivity contribution is 6.75. The minimum atomic E-state index is -1.73. The molecule has 0 heterocycles. The number of carboxylic acid groups (broad SMARTS) is 1. The first-order chi connectivity index (χ1) is 60.5. The second kappa shape index (κ2) is 39.7. The van der Waals surface area contributed by atoms with Crippen molar-refractivity contribution in [3.05, 3.63) is 46.6 Å². The lowest BCUT2D eigenvalue weighted by molar-refractivity contribution is -0.142. The number of rotatable bonds is 22. The average Bonchev–Trinajstić information content (AvgIpc) is 1.47. The van der Waals surface area contributed by atoms with Crippen molar-refractivity contribution in [2.45, 2.75) is 481 Å². The van der Waals surface area contributed by atoms with Crippen LogP contribution in [0.5, 0.6) is 0 Å². The van der Waals surface area contributed by atoms with Gasteiger partial charge in [-0.2, -0.15) is 0 Å². The molecule has 16 rings (SSSR count). The molecule has 12 saturated carbocycles. The lowest BCUT2D eigenvalue weighted by Gasteiger charge is -2.59. The van der Waals surface area contributed by atoms with Gasteiger partial charge in [-0.15, -0.1) is 0 Å². The number of carboxylic acids is 1. The maximum Gasteiger partial charge on any atom is 0.305 e. The highest BCUT2D eigenvalue weighted by Crippen LogP contribution is 2.74. The molecule has 0 aliphatic heterocycles. The van der Waals surface area contributed by atoms with Crippen molar-refractivity contribution in [1.82, 2.24) is 0 Å². The van der Waals surface area contributed by atoms with E-state index in [0.717, 1.165) is 140 Å². The number of esters is 2. The summed E-state index contributed by atoms with van der Waals surface area (Å²) in [6, 6.07) is 0. The van der Waals surface area contributed by atoms with E-state index in [1.807, 2.05) is 0 Å². The van der Waals surface area contributed by atoms with Gasteiger partial charge in [0.15, 0.2) is 25.0 Å². The third kappa shape index (κ3) is 20.3. The lowest BCUT2D eigenvalue weighted by Crippen LogP contribution is -2.52. The van der Waals surface area contributed by atoms with Crippen LogP contribution in [0, 0.1) is 162 Å². The topological polar surface area (TPSA) is 158 Å². The smallest absolute Gasteiger partial charge is 0.305 e. The quantitative estimate of drug-likeness (QED) is 0.0538. The number of aliphatic hydroxyl groups excluding tert-OH is 2. The van der Waals surface area contributed by atoms with Crippen molar-refractivity contribution in [2.75, 3.05) is 20.8 Å². The fourth-order valence-corrected chi connectivity index (χ4v) is 39.1. The molecular weight excluding hydrogens is 1650 g/mol. The Morgan fingerprint density at radius 2 is 0.615 bits per heavy atom. The predicted molar refractivity (Wildman–Crippen MR) is 545 cm³/mol. The van der Waals surface area contributed by atoms with E-state index in [2.05, 4.69) is 209 Å². The first-order valence-corrected chi connectivity index (χ1v) is 63.7. The number of carbonyl (C=O) groups excluding carboxylic acids is 2. The number of ether oxygens (including phenoxy) is 2. The van der Waals surface area contributed by atoms with Gasteiger partial charge in [-0.25, -0.2) is 0 Å². The molecule has 16 aliphatic rings. The lowest BCUT2D eigenvalue weighted by atomic mass is 9.47. The monoisotopic (exact) mass is 1850 g/mol. The number of carbonyl (C=O) groups is 3. The van der Waals surface area contributed by atoms with E-state index >= 15 is 0 Å². The standard InChI is InChI=1S/C31H54O3Si.C30H52O3Si.C30H54O2Si.C25H40O3/c1-21(10-15-28(32)33-7)25-13-14-26-24-12-11-22-20-23(34-35(8,9)29(2,3)4)16-18-30(22,5)27(24)17-19-31(25,26)6;1-20(9-14-27(31)32)24-12-13-25-23-11-10-21-19-22(33-34(7,8)28(2,3)4)15-17-29(21,5)26(23)16-18-30(24,25)6;1-21(10-9-19-31)25-13-14-26-24-12-11-22-20-23(32-33(7,8)28(2,3)4)15-17-29(22,5)27(24)16-18-30(25,26)6;1-16(5-10-23(27)28-4)20-8-9-21-19-7-6-17-15-18(26)11-13-24(17,2)22(19)12-14-25(20,21)3/h11,21,23-27H,10,12-20H2,1-9H3;10,20,22-26H,9,11-19H2,1-8H3,(H,31,32);11,21,23-27,31H,9-10,12-20H2,1-8H3;6,16,18-22,26H,5,7-15H2,1-4H3. The van der Waals surface area contributed by atoms with Gasteiger partial charge in [0.25, 0.3) is 0 Å². The maximum atomic E-state index is 11.8. The van der Waals surface area contributed by atoms with Crippen LogP contribution in [-0.2, 0) is 37.1 Å². The van der Waals surface area contributed by atoms with Crippen LogP contribution in [0.1, 0.15) is 402 Å². The van der Waals surface area contributed by atoms with Crippen LogP contribution in [0.2, 0.25) is 54.4 Å². The summed E-state index contributed by atoms with van der Waals surface area (Å²) >= 11 is 0. The number of aliphatic hydroxyl groups is 2. The molecular formula is C116H200O11Si3. The first-order valence-electron chi connectivity index (χ1n) is 55.0. The minimum Gasteiger partial charge on any atom is -0.481 e. The van der Waals surface area contributed by atoms with Gasteiger partial charge in [0, 0.05) is 44.2 Å². The molecule has 0 aromatic rings. The highest BCUT2D eigenvalue weighted by Gasteiger charge is 2.66. The van der Waals surface area contributed by atoms with Crippen LogP contribution in [-0.4, -0.2) is 103 Å². The van der Waals surface area contributed by atoms with Crippen LogP contribution >= 0.6 is 0 Å². The molecule has 11 nitrogen and oxygen atoms in total. The number of fused-ring (bicyclic) bond motifs is 20. The largest absolute Gasteiger partial charge is 0.481 e. The van der Waals surface area contributed by atoms with Gasteiger partial charge in [-0.05, 0) is 454 Å². The number of methoxy groups -OCH3 is 2. The van der Waals surface area contributed by atoms with E-state index in [-0.39, 0.29) is 28.1 Å². The van der Waals surface area contributed by atoms with Crippen LogP contribution in [0.3, 0.4) is 0 Å². The van der Waals surface area contributed by atoms with Crippen molar-refractivity contribution in [1.29, 1.82) is 0 Å². The number of aliphatic carboxylic acids is 1. The summed E-state index contributed by atoms with van der Waals surface area (Å²) in [5.41, 5.74) is 10.1. The SMILES string of the molecule is CC(CCC(=O)O)C1CCC2C3CC=C4CC(O[Si](C)(C)C(C)(C)C)CCC4(C)C3CCC12C.CC(CCCO)C1CCC2C3CC=C4CC(O[Si](C)(C)C(C)(C)C)CCC4(C)C3CCC12C.COC(=O)CCC(C)C1CCC2C3CC=C4CC(O)CCC4(C)C3CCC12C.COC(=O)CCC(C)C1CCC2C3CC=C4CC(O[Si](C)(C)C(C)(C)C)CCC4(C)C3CCC12C. The van der Waals surface area contributed by atoms with E-state index in [4.69, 9.17) is 22.8 Å². The van der Waals surface area contributed by atoms with Gasteiger partial charge < -0.3 is 38.1 Å². The summed E-state index contributed by atoms with van der Waals surface area (Å²) in [4.78, 5) is 34.6. The summed E-state index contributed by atoms with van der Waals surface area (Å²) in [7, 11) is -2.15. The molecule has 14 heteroatoms. The second-order valence-electron chi connectivity index (χ2n) is 55.0. The number of allylic oxidation sites excluding steroid dienone is 4. The molecule has 16 aliphatic carbocycles. The third-order valence-corrected chi connectivity index (χ3v) is 59.4. The zero-order valence-electron chi connectivity index (χ0n) is 89.3. The Morgan fingerprint density at radius 1 is 0.362 bits per heavy atom.